The van der Waals surface area contributed by atoms with E-state index in [0.717, 1.165) is 16.9 Å². The third-order valence-corrected chi connectivity index (χ3v) is 5.40. The van der Waals surface area contributed by atoms with Gasteiger partial charge in [-0.1, -0.05) is 84.1 Å². The molecule has 6 heteroatoms. The number of nitrogens with one attached hydrogen (secondary N) is 1. The van der Waals surface area contributed by atoms with Gasteiger partial charge in [-0.25, -0.2) is 4.98 Å². The third kappa shape index (κ3) is 5.15. The molecule has 5 nitrogen and oxygen atoms in total. The van der Waals surface area contributed by atoms with Gasteiger partial charge in [0.1, 0.15) is 12.4 Å². The highest BCUT2D eigenvalue weighted by Gasteiger charge is 2.10. The second-order valence-corrected chi connectivity index (χ2v) is 7.76. The number of benzene rings is 3. The highest BCUT2D eigenvalue weighted by Crippen LogP contribution is 2.21. The van der Waals surface area contributed by atoms with Crippen molar-refractivity contribution in [2.45, 2.75) is 18.7 Å². The maximum Gasteiger partial charge on any atom is 0.208 e. The number of aryl methyl sites for hydroxylation is 1. The average molecular weight is 416 g/mol. The number of carbonyl (C=O) groups excluding carboxylic acids is 1. The topological polar surface area (TPSA) is 67.9 Å². The number of thioether (sulfide) groups is 1. The van der Waals surface area contributed by atoms with Crippen LogP contribution in [0.1, 0.15) is 21.7 Å². The molecule has 1 heterocycles. The lowest BCUT2D eigenvalue weighted by Gasteiger charge is -2.04. The molecule has 4 rings (SSSR count). The van der Waals surface area contributed by atoms with E-state index < -0.39 is 0 Å². The summed E-state index contributed by atoms with van der Waals surface area (Å²) in [4.78, 5) is 16.9. The van der Waals surface area contributed by atoms with Gasteiger partial charge in [0, 0.05) is 5.56 Å². The summed E-state index contributed by atoms with van der Waals surface area (Å²) in [5.74, 6) is 1.72. The first-order valence-corrected chi connectivity index (χ1v) is 10.6. The Kier molecular flexibility index (Phi) is 6.25. The molecule has 0 amide bonds. The van der Waals surface area contributed by atoms with E-state index in [2.05, 4.69) is 27.3 Å². The molecule has 0 aliphatic rings. The predicted molar refractivity (Wildman–Crippen MR) is 119 cm³/mol. The van der Waals surface area contributed by atoms with Crippen molar-refractivity contribution in [3.05, 3.63) is 95.8 Å². The molecule has 0 fully saturated rings. The van der Waals surface area contributed by atoms with Crippen molar-refractivity contribution in [3.8, 4) is 16.9 Å². The van der Waals surface area contributed by atoms with E-state index in [4.69, 9.17) is 4.74 Å². The number of hydrogen-bond donors (Lipinski definition) is 1. The molecular formula is C24H21N3O2S. The SMILES string of the molecule is Cc1ccc(OCc2nc(SCC(=O)c3ccc(-c4ccccc4)cc3)n[nH]2)cc1. The van der Waals surface area contributed by atoms with Gasteiger partial charge >= 0.3 is 0 Å². The van der Waals surface area contributed by atoms with Crippen molar-refractivity contribution < 1.29 is 9.53 Å². The fraction of sp³-hybridized carbons (Fsp3) is 0.125. The fourth-order valence-corrected chi connectivity index (χ4v) is 3.60. The number of rotatable bonds is 8. The molecule has 0 aliphatic heterocycles. The molecule has 0 bridgehead atoms. The van der Waals surface area contributed by atoms with Crippen molar-refractivity contribution in [1.29, 1.82) is 0 Å². The van der Waals surface area contributed by atoms with Crippen LogP contribution in [0.3, 0.4) is 0 Å². The van der Waals surface area contributed by atoms with Gasteiger partial charge in [-0.15, -0.1) is 5.10 Å². The number of Topliss-reactive ketones (excluding diaryl/α,β-unsaturated/α-hetero) is 1. The number of ketones is 1. The van der Waals surface area contributed by atoms with Gasteiger partial charge in [0.05, 0.1) is 5.75 Å². The quantitative estimate of drug-likeness (QED) is 0.311. The number of aromatic amines is 1. The van der Waals surface area contributed by atoms with Crippen molar-refractivity contribution in [2.75, 3.05) is 5.75 Å². The van der Waals surface area contributed by atoms with Gasteiger partial charge in [-0.05, 0) is 30.2 Å². The van der Waals surface area contributed by atoms with Gasteiger partial charge in [-0.2, -0.15) is 0 Å². The first kappa shape index (κ1) is 19.9. The summed E-state index contributed by atoms with van der Waals surface area (Å²) in [6.07, 6.45) is 0. The van der Waals surface area contributed by atoms with E-state index in [0.29, 0.717) is 23.2 Å². The van der Waals surface area contributed by atoms with Crippen LogP contribution in [0.5, 0.6) is 5.75 Å². The zero-order chi connectivity index (χ0) is 20.8. The molecule has 0 atom stereocenters. The highest BCUT2D eigenvalue weighted by molar-refractivity contribution is 7.99. The minimum Gasteiger partial charge on any atom is -0.486 e. The molecular weight excluding hydrogens is 394 g/mol. The summed E-state index contributed by atoms with van der Waals surface area (Å²) in [6, 6.07) is 25.6. The van der Waals surface area contributed by atoms with Crippen molar-refractivity contribution >= 4 is 17.5 Å². The summed E-state index contributed by atoms with van der Waals surface area (Å²) < 4.78 is 5.69. The molecule has 3 aromatic carbocycles. The van der Waals surface area contributed by atoms with Crippen LogP contribution >= 0.6 is 11.8 Å². The normalized spacial score (nSPS) is 10.7. The number of H-pyrrole nitrogens is 1. The number of carbonyl (C=O) groups is 1. The Hall–Kier alpha value is -3.38. The van der Waals surface area contributed by atoms with E-state index in [-0.39, 0.29) is 11.5 Å². The molecule has 0 aliphatic carbocycles. The average Bonchev–Trinajstić information content (AvgIpc) is 3.26. The van der Waals surface area contributed by atoms with Gasteiger partial charge < -0.3 is 4.74 Å². The van der Waals surface area contributed by atoms with Crippen LogP contribution in [0.2, 0.25) is 0 Å². The molecule has 1 aromatic heterocycles. The predicted octanol–water partition coefficient (Wildman–Crippen LogP) is 5.33. The first-order chi connectivity index (χ1) is 14.7. The maximum atomic E-state index is 12.5. The Morgan fingerprint density at radius 3 is 2.37 bits per heavy atom. The second-order valence-electron chi connectivity index (χ2n) is 6.82. The van der Waals surface area contributed by atoms with Gasteiger partial charge in [0.15, 0.2) is 11.6 Å². The smallest absolute Gasteiger partial charge is 0.208 e. The van der Waals surface area contributed by atoms with Crippen LogP contribution in [0.25, 0.3) is 11.1 Å². The van der Waals surface area contributed by atoms with E-state index in [1.807, 2.05) is 73.7 Å². The van der Waals surface area contributed by atoms with E-state index >= 15 is 0 Å². The minimum atomic E-state index is 0.0434. The summed E-state index contributed by atoms with van der Waals surface area (Å²) >= 11 is 1.31. The zero-order valence-electron chi connectivity index (χ0n) is 16.5. The molecule has 4 aromatic rings. The fourth-order valence-electron chi connectivity index (χ4n) is 2.89. The van der Waals surface area contributed by atoms with Crippen LogP contribution in [-0.2, 0) is 6.61 Å². The number of nitrogens with zero attached hydrogens (tertiary/aromatic N) is 2. The van der Waals surface area contributed by atoms with Crippen molar-refractivity contribution in [1.82, 2.24) is 15.2 Å². The molecule has 0 spiro atoms. The summed E-state index contributed by atoms with van der Waals surface area (Å²) in [5, 5.41) is 7.55. The lowest BCUT2D eigenvalue weighted by Crippen LogP contribution is -2.02. The van der Waals surface area contributed by atoms with Crippen LogP contribution in [0, 0.1) is 6.92 Å². The second kappa shape index (κ2) is 9.41. The van der Waals surface area contributed by atoms with E-state index in [1.54, 1.807) is 0 Å². The van der Waals surface area contributed by atoms with Gasteiger partial charge in [0.2, 0.25) is 5.16 Å². The Labute approximate surface area is 179 Å². The molecule has 0 unspecified atom stereocenters. The molecule has 0 saturated heterocycles. The maximum absolute atomic E-state index is 12.5. The Balaban J connectivity index is 1.29. The zero-order valence-corrected chi connectivity index (χ0v) is 17.4. The lowest BCUT2D eigenvalue weighted by molar-refractivity contribution is 0.102. The van der Waals surface area contributed by atoms with Gasteiger partial charge in [0.25, 0.3) is 0 Å². The Bertz CT molecular complexity index is 1110. The van der Waals surface area contributed by atoms with Crippen LogP contribution in [0.4, 0.5) is 0 Å². The number of aromatic nitrogens is 3. The molecule has 0 saturated carbocycles. The Morgan fingerprint density at radius 1 is 0.933 bits per heavy atom. The molecule has 150 valence electrons. The third-order valence-electron chi connectivity index (χ3n) is 4.55. The van der Waals surface area contributed by atoms with Crippen molar-refractivity contribution in [3.63, 3.8) is 0 Å². The standard InChI is InChI=1S/C24H21N3O2S/c1-17-7-13-21(14-8-17)29-15-23-25-24(27-26-23)30-16-22(28)20-11-9-19(10-12-20)18-5-3-2-4-6-18/h2-14H,15-16H2,1H3,(H,25,26,27). The van der Waals surface area contributed by atoms with E-state index in [9.17, 15) is 4.79 Å². The number of hydrogen-bond acceptors (Lipinski definition) is 5. The minimum absolute atomic E-state index is 0.0434. The summed E-state index contributed by atoms with van der Waals surface area (Å²) in [6.45, 7) is 2.33. The Morgan fingerprint density at radius 2 is 1.63 bits per heavy atom. The molecule has 1 N–H and O–H groups in total. The molecule has 0 radical (unpaired) electrons. The highest BCUT2D eigenvalue weighted by atomic mass is 32.2. The number of ether oxygens (including phenoxy) is 1. The summed E-state index contributed by atoms with van der Waals surface area (Å²) in [5.41, 5.74) is 4.08. The van der Waals surface area contributed by atoms with E-state index in [1.165, 1.54) is 17.3 Å². The first-order valence-electron chi connectivity index (χ1n) is 9.59. The van der Waals surface area contributed by atoms with Gasteiger partial charge in [-0.3, -0.25) is 9.89 Å². The van der Waals surface area contributed by atoms with Crippen LogP contribution in [0.15, 0.2) is 84.0 Å². The molecule has 30 heavy (non-hydrogen) atoms. The largest absolute Gasteiger partial charge is 0.486 e. The van der Waals surface area contributed by atoms with Crippen LogP contribution < -0.4 is 4.74 Å². The van der Waals surface area contributed by atoms with Crippen molar-refractivity contribution in [2.24, 2.45) is 0 Å². The lowest BCUT2D eigenvalue weighted by atomic mass is 10.0. The monoisotopic (exact) mass is 415 g/mol. The summed E-state index contributed by atoms with van der Waals surface area (Å²) in [7, 11) is 0. The van der Waals surface area contributed by atoms with Crippen LogP contribution in [-0.4, -0.2) is 26.7 Å².